The summed E-state index contributed by atoms with van der Waals surface area (Å²) in [6.07, 6.45) is 2.12. The third-order valence-corrected chi connectivity index (χ3v) is 2.54. The fourth-order valence-corrected chi connectivity index (χ4v) is 1.48. The zero-order chi connectivity index (χ0) is 14.1. The largest absolute Gasteiger partial charge is 0.478 e. The minimum atomic E-state index is -1.28. The van der Waals surface area contributed by atoms with E-state index in [-0.39, 0.29) is 12.2 Å². The Hall–Kier alpha value is -1.46. The highest BCUT2D eigenvalue weighted by molar-refractivity contribution is 5.88. The van der Waals surface area contributed by atoms with Gasteiger partial charge in [-0.05, 0) is 24.1 Å². The Morgan fingerprint density at radius 2 is 2.00 bits per heavy atom. The Bertz CT molecular complexity index is 406. The minimum absolute atomic E-state index is 0.248. The molecule has 0 unspecified atom stereocenters. The van der Waals surface area contributed by atoms with Gasteiger partial charge in [0.05, 0.1) is 25.4 Å². The summed E-state index contributed by atoms with van der Waals surface area (Å²) in [5.41, 5.74) is 0.299. The molecule has 0 bridgehead atoms. The van der Waals surface area contributed by atoms with E-state index < -0.39 is 11.8 Å². The fraction of sp³-hybridized carbons (Fsp3) is 0.500. The van der Waals surface area contributed by atoms with Gasteiger partial charge in [0.25, 0.3) is 0 Å². The highest BCUT2D eigenvalue weighted by atomic mass is 19.1. The molecule has 0 aliphatic heterocycles. The first kappa shape index (κ1) is 15.6. The van der Waals surface area contributed by atoms with Gasteiger partial charge in [-0.3, -0.25) is 0 Å². The quantitative estimate of drug-likeness (QED) is 0.701. The van der Waals surface area contributed by atoms with E-state index in [1.165, 1.54) is 12.1 Å². The van der Waals surface area contributed by atoms with Crippen LogP contribution in [-0.4, -0.2) is 30.9 Å². The van der Waals surface area contributed by atoms with E-state index in [1.807, 2.05) is 0 Å². The summed E-state index contributed by atoms with van der Waals surface area (Å²) in [5, 5.41) is 8.78. The van der Waals surface area contributed by atoms with Crippen molar-refractivity contribution in [3.05, 3.63) is 35.1 Å². The van der Waals surface area contributed by atoms with E-state index in [1.54, 1.807) is 0 Å². The lowest BCUT2D eigenvalue weighted by Gasteiger charge is -2.06. The number of hydrogen-bond donors (Lipinski definition) is 1. The number of halogens is 1. The third kappa shape index (κ3) is 5.81. The highest BCUT2D eigenvalue weighted by Gasteiger charge is 2.10. The van der Waals surface area contributed by atoms with Gasteiger partial charge in [-0.1, -0.05) is 19.4 Å². The number of ether oxygens (including phenoxy) is 2. The van der Waals surface area contributed by atoms with Crippen LogP contribution in [0.5, 0.6) is 0 Å². The van der Waals surface area contributed by atoms with Crippen molar-refractivity contribution < 1.29 is 23.8 Å². The molecule has 0 saturated carbocycles. The van der Waals surface area contributed by atoms with E-state index >= 15 is 0 Å². The Labute approximate surface area is 112 Å². The number of carboxylic acid groups (broad SMARTS) is 1. The van der Waals surface area contributed by atoms with Gasteiger partial charge in [0.15, 0.2) is 0 Å². The summed E-state index contributed by atoms with van der Waals surface area (Å²) in [6, 6.07) is 3.94. The number of aromatic carboxylic acids is 1. The van der Waals surface area contributed by atoms with Crippen molar-refractivity contribution in [1.29, 1.82) is 0 Å². The number of carboxylic acids is 1. The second-order valence-electron chi connectivity index (χ2n) is 4.14. The molecule has 19 heavy (non-hydrogen) atoms. The zero-order valence-electron chi connectivity index (χ0n) is 11.0. The maximum absolute atomic E-state index is 13.1. The molecule has 1 N–H and O–H groups in total. The fourth-order valence-electron chi connectivity index (χ4n) is 1.48. The molecule has 0 heterocycles. The van der Waals surface area contributed by atoms with Crippen molar-refractivity contribution in [3.8, 4) is 0 Å². The van der Waals surface area contributed by atoms with E-state index in [4.69, 9.17) is 14.6 Å². The van der Waals surface area contributed by atoms with Crippen molar-refractivity contribution in [3.63, 3.8) is 0 Å². The van der Waals surface area contributed by atoms with Crippen LogP contribution in [0.3, 0.4) is 0 Å². The first-order valence-electron chi connectivity index (χ1n) is 6.32. The van der Waals surface area contributed by atoms with Crippen molar-refractivity contribution >= 4 is 5.97 Å². The molecule has 0 fully saturated rings. The van der Waals surface area contributed by atoms with Crippen LogP contribution in [0.1, 0.15) is 35.7 Å². The molecule has 0 aliphatic rings. The number of hydrogen-bond acceptors (Lipinski definition) is 3. The molecule has 1 aromatic carbocycles. The maximum Gasteiger partial charge on any atom is 0.338 e. The first-order valence-corrected chi connectivity index (χ1v) is 6.32. The van der Waals surface area contributed by atoms with E-state index in [0.29, 0.717) is 18.8 Å². The van der Waals surface area contributed by atoms with Crippen LogP contribution in [0.4, 0.5) is 4.39 Å². The Kier molecular flexibility index (Phi) is 7.07. The average Bonchev–Trinajstić information content (AvgIpc) is 2.39. The van der Waals surface area contributed by atoms with Crippen LogP contribution < -0.4 is 0 Å². The summed E-state index contributed by atoms with van der Waals surface area (Å²) >= 11 is 0. The monoisotopic (exact) mass is 270 g/mol. The summed E-state index contributed by atoms with van der Waals surface area (Å²) < 4.78 is 23.8. The number of benzene rings is 1. The van der Waals surface area contributed by atoms with Crippen LogP contribution in [0.15, 0.2) is 18.2 Å². The topological polar surface area (TPSA) is 55.8 Å². The second-order valence-corrected chi connectivity index (χ2v) is 4.14. The van der Waals surface area contributed by atoms with Crippen molar-refractivity contribution in [1.82, 2.24) is 0 Å². The van der Waals surface area contributed by atoms with Crippen LogP contribution >= 0.6 is 0 Å². The normalized spacial score (nSPS) is 10.6. The van der Waals surface area contributed by atoms with Gasteiger partial charge in [0.2, 0.25) is 0 Å². The molecule has 0 radical (unpaired) electrons. The molecule has 0 aliphatic carbocycles. The van der Waals surface area contributed by atoms with Gasteiger partial charge in [0.1, 0.15) is 5.82 Å². The van der Waals surface area contributed by atoms with Gasteiger partial charge < -0.3 is 14.6 Å². The van der Waals surface area contributed by atoms with Gasteiger partial charge in [-0.2, -0.15) is 0 Å². The molecule has 4 nitrogen and oxygen atoms in total. The SMILES string of the molecule is CCCCOCCOCc1ccc(F)c(C(=O)O)c1. The molecule has 5 heteroatoms. The lowest BCUT2D eigenvalue weighted by Crippen LogP contribution is -2.06. The van der Waals surface area contributed by atoms with Crippen LogP contribution in [0.25, 0.3) is 0 Å². The zero-order valence-corrected chi connectivity index (χ0v) is 11.0. The van der Waals surface area contributed by atoms with Crippen LogP contribution in [0, 0.1) is 5.82 Å². The number of unbranched alkanes of at least 4 members (excludes halogenated alkanes) is 1. The molecule has 0 saturated heterocycles. The molecule has 0 atom stereocenters. The molecule has 0 aromatic heterocycles. The van der Waals surface area contributed by atoms with E-state index in [0.717, 1.165) is 25.5 Å². The standard InChI is InChI=1S/C14H19FO4/c1-2-3-6-18-7-8-19-10-11-4-5-13(15)12(9-11)14(16)17/h4-5,9H,2-3,6-8,10H2,1H3,(H,16,17). The lowest BCUT2D eigenvalue weighted by atomic mass is 10.1. The average molecular weight is 270 g/mol. The van der Waals surface area contributed by atoms with Crippen molar-refractivity contribution in [2.75, 3.05) is 19.8 Å². The molecular weight excluding hydrogens is 251 g/mol. The summed E-state index contributed by atoms with van der Waals surface area (Å²) in [6.45, 7) is 4.00. The summed E-state index contributed by atoms with van der Waals surface area (Å²) in [4.78, 5) is 10.7. The van der Waals surface area contributed by atoms with Gasteiger partial charge >= 0.3 is 5.97 Å². The number of rotatable bonds is 9. The van der Waals surface area contributed by atoms with Gasteiger partial charge in [0, 0.05) is 6.61 Å². The first-order chi connectivity index (χ1) is 9.15. The summed E-state index contributed by atoms with van der Waals surface area (Å²) in [5.74, 6) is -2.01. The van der Waals surface area contributed by atoms with Gasteiger partial charge in [-0.25, -0.2) is 9.18 Å². The lowest BCUT2D eigenvalue weighted by molar-refractivity contribution is 0.0396. The van der Waals surface area contributed by atoms with Gasteiger partial charge in [-0.15, -0.1) is 0 Å². The molecular formula is C14H19FO4. The van der Waals surface area contributed by atoms with Crippen LogP contribution in [-0.2, 0) is 16.1 Å². The molecule has 0 spiro atoms. The van der Waals surface area contributed by atoms with Crippen molar-refractivity contribution in [2.45, 2.75) is 26.4 Å². The molecule has 106 valence electrons. The highest BCUT2D eigenvalue weighted by Crippen LogP contribution is 2.11. The van der Waals surface area contributed by atoms with E-state index in [2.05, 4.69) is 6.92 Å². The predicted molar refractivity (Wildman–Crippen MR) is 68.7 cm³/mol. The minimum Gasteiger partial charge on any atom is -0.478 e. The second kappa shape index (κ2) is 8.61. The predicted octanol–water partition coefficient (Wildman–Crippen LogP) is 2.86. The van der Waals surface area contributed by atoms with Crippen LogP contribution in [0.2, 0.25) is 0 Å². The van der Waals surface area contributed by atoms with Crippen molar-refractivity contribution in [2.24, 2.45) is 0 Å². The smallest absolute Gasteiger partial charge is 0.338 e. The molecule has 1 aromatic rings. The van der Waals surface area contributed by atoms with E-state index in [9.17, 15) is 9.18 Å². The Morgan fingerprint density at radius 3 is 2.68 bits per heavy atom. The third-order valence-electron chi connectivity index (χ3n) is 2.54. The Balaban J connectivity index is 2.30. The summed E-state index contributed by atoms with van der Waals surface area (Å²) in [7, 11) is 0. The number of carbonyl (C=O) groups is 1. The Morgan fingerprint density at radius 1 is 1.26 bits per heavy atom. The molecule has 1 rings (SSSR count). The maximum atomic E-state index is 13.1. The molecule has 0 amide bonds.